The summed E-state index contributed by atoms with van der Waals surface area (Å²) < 4.78 is 5.51. The number of ether oxygens (including phenoxy) is 1. The van der Waals surface area contributed by atoms with Gasteiger partial charge >= 0.3 is 0 Å². The Hall–Kier alpha value is -1.17. The van der Waals surface area contributed by atoms with Gasteiger partial charge in [0.05, 0.1) is 12.7 Å². The maximum atomic E-state index is 5.51. The number of hydrogen-bond acceptors (Lipinski definition) is 5. The van der Waals surface area contributed by atoms with Crippen molar-refractivity contribution in [2.24, 2.45) is 5.84 Å². The van der Waals surface area contributed by atoms with Crippen LogP contribution in [0.2, 0.25) is 0 Å². The van der Waals surface area contributed by atoms with Gasteiger partial charge in [0.25, 0.3) is 0 Å². The van der Waals surface area contributed by atoms with E-state index in [1.165, 1.54) is 0 Å². The molecule has 0 aliphatic rings. The highest BCUT2D eigenvalue weighted by molar-refractivity contribution is 5.42. The summed E-state index contributed by atoms with van der Waals surface area (Å²) >= 11 is 0. The second-order valence-electron chi connectivity index (χ2n) is 4.31. The maximum absolute atomic E-state index is 5.51. The Bertz CT molecular complexity index is 330. The van der Waals surface area contributed by atoms with Crippen molar-refractivity contribution in [3.63, 3.8) is 0 Å². The minimum atomic E-state index is 0.281. The van der Waals surface area contributed by atoms with Gasteiger partial charge in [0.15, 0.2) is 0 Å². The molecule has 5 nitrogen and oxygen atoms in total. The van der Waals surface area contributed by atoms with E-state index in [0.717, 1.165) is 31.1 Å². The number of nitrogens with one attached hydrogen (secondary N) is 1. The number of hydrogen-bond donors (Lipinski definition) is 2. The van der Waals surface area contributed by atoms with Crippen LogP contribution in [-0.4, -0.2) is 36.2 Å². The average molecular weight is 238 g/mol. The van der Waals surface area contributed by atoms with E-state index in [9.17, 15) is 0 Å². The Kier molecular flexibility index (Phi) is 5.90. The van der Waals surface area contributed by atoms with Crippen LogP contribution < -0.4 is 11.3 Å². The first-order valence-electron chi connectivity index (χ1n) is 5.84. The van der Waals surface area contributed by atoms with Gasteiger partial charge < -0.3 is 10.2 Å². The molecular formula is C12H22N4O. The summed E-state index contributed by atoms with van der Waals surface area (Å²) in [4.78, 5) is 6.35. The van der Waals surface area contributed by atoms with Crippen molar-refractivity contribution in [1.29, 1.82) is 0 Å². The number of pyridine rings is 1. The Morgan fingerprint density at radius 2 is 2.29 bits per heavy atom. The lowest BCUT2D eigenvalue weighted by Gasteiger charge is -2.18. The van der Waals surface area contributed by atoms with E-state index in [1.807, 2.05) is 26.0 Å². The van der Waals surface area contributed by atoms with E-state index in [4.69, 9.17) is 10.6 Å². The monoisotopic (exact) mass is 238 g/mol. The standard InChI is InChI=1S/C12H22N4O/c1-10(2)17-8-7-16(3)9-11-5-4-6-14-12(11)15-13/h4-6,10H,7-9,13H2,1-3H3,(H,14,15). The summed E-state index contributed by atoms with van der Waals surface area (Å²) in [5.74, 6) is 6.14. The number of anilines is 1. The molecule has 0 aliphatic carbocycles. The van der Waals surface area contributed by atoms with Gasteiger partial charge in [0.1, 0.15) is 5.82 Å². The van der Waals surface area contributed by atoms with Crippen LogP contribution in [0.1, 0.15) is 19.4 Å². The van der Waals surface area contributed by atoms with Crippen LogP contribution in [0, 0.1) is 0 Å². The second-order valence-corrected chi connectivity index (χ2v) is 4.31. The fraction of sp³-hybridized carbons (Fsp3) is 0.583. The molecule has 0 fully saturated rings. The molecule has 0 amide bonds. The van der Waals surface area contributed by atoms with Crippen molar-refractivity contribution >= 4 is 5.82 Å². The topological polar surface area (TPSA) is 63.4 Å². The predicted molar refractivity (Wildman–Crippen MR) is 69.5 cm³/mol. The molecule has 1 aromatic rings. The first-order valence-corrected chi connectivity index (χ1v) is 5.84. The minimum absolute atomic E-state index is 0.281. The Morgan fingerprint density at radius 3 is 2.94 bits per heavy atom. The molecule has 96 valence electrons. The molecule has 0 unspecified atom stereocenters. The van der Waals surface area contributed by atoms with Crippen LogP contribution in [0.3, 0.4) is 0 Å². The Balaban J connectivity index is 2.41. The maximum Gasteiger partial charge on any atom is 0.144 e. The molecular weight excluding hydrogens is 216 g/mol. The number of likely N-dealkylation sites (N-methyl/N-ethyl adjacent to an activating group) is 1. The highest BCUT2D eigenvalue weighted by Crippen LogP contribution is 2.11. The van der Waals surface area contributed by atoms with Gasteiger partial charge in [-0.2, -0.15) is 0 Å². The largest absolute Gasteiger partial charge is 0.377 e. The minimum Gasteiger partial charge on any atom is -0.377 e. The van der Waals surface area contributed by atoms with Crippen molar-refractivity contribution in [2.75, 3.05) is 25.6 Å². The summed E-state index contributed by atoms with van der Waals surface area (Å²) in [7, 11) is 2.05. The molecule has 0 saturated heterocycles. The van der Waals surface area contributed by atoms with Gasteiger partial charge in [-0.15, -0.1) is 0 Å². The molecule has 0 aliphatic heterocycles. The number of nitrogen functional groups attached to an aromatic ring is 1. The zero-order valence-corrected chi connectivity index (χ0v) is 10.8. The van der Waals surface area contributed by atoms with Crippen molar-refractivity contribution in [1.82, 2.24) is 9.88 Å². The number of aromatic nitrogens is 1. The van der Waals surface area contributed by atoms with E-state index in [0.29, 0.717) is 0 Å². The molecule has 5 heteroatoms. The normalized spacial score (nSPS) is 11.2. The molecule has 1 heterocycles. The summed E-state index contributed by atoms with van der Waals surface area (Å²) in [5, 5.41) is 0. The van der Waals surface area contributed by atoms with E-state index in [-0.39, 0.29) is 6.10 Å². The third-order valence-corrected chi connectivity index (χ3v) is 2.39. The number of nitrogens with two attached hydrogens (primary N) is 1. The molecule has 0 saturated carbocycles. The SMILES string of the molecule is CC(C)OCCN(C)Cc1cccnc1NN. The van der Waals surface area contributed by atoms with E-state index < -0.39 is 0 Å². The second kappa shape index (κ2) is 7.21. The average Bonchev–Trinajstić information content (AvgIpc) is 2.29. The molecule has 0 atom stereocenters. The van der Waals surface area contributed by atoms with Crippen LogP contribution in [0.25, 0.3) is 0 Å². The molecule has 0 radical (unpaired) electrons. The van der Waals surface area contributed by atoms with Crippen molar-refractivity contribution in [3.8, 4) is 0 Å². The highest BCUT2D eigenvalue weighted by atomic mass is 16.5. The molecule has 1 aromatic heterocycles. The van der Waals surface area contributed by atoms with Gasteiger partial charge in [-0.3, -0.25) is 4.90 Å². The summed E-state index contributed by atoms with van der Waals surface area (Å²) in [6.07, 6.45) is 2.00. The molecule has 3 N–H and O–H groups in total. The number of nitrogens with zero attached hydrogens (tertiary/aromatic N) is 2. The fourth-order valence-electron chi connectivity index (χ4n) is 1.51. The van der Waals surface area contributed by atoms with Crippen molar-refractivity contribution < 1.29 is 4.74 Å². The molecule has 1 rings (SSSR count). The van der Waals surface area contributed by atoms with Gasteiger partial charge in [-0.05, 0) is 27.0 Å². The van der Waals surface area contributed by atoms with E-state index in [2.05, 4.69) is 22.4 Å². The van der Waals surface area contributed by atoms with Gasteiger partial charge in [-0.1, -0.05) is 6.07 Å². The van der Waals surface area contributed by atoms with Crippen LogP contribution >= 0.6 is 0 Å². The fourth-order valence-corrected chi connectivity index (χ4v) is 1.51. The number of rotatable bonds is 7. The van der Waals surface area contributed by atoms with Crippen LogP contribution in [0.5, 0.6) is 0 Å². The van der Waals surface area contributed by atoms with Crippen molar-refractivity contribution in [2.45, 2.75) is 26.5 Å². The van der Waals surface area contributed by atoms with Crippen LogP contribution in [-0.2, 0) is 11.3 Å². The van der Waals surface area contributed by atoms with Gasteiger partial charge in [0.2, 0.25) is 0 Å². The third kappa shape index (κ3) is 5.12. The summed E-state index contributed by atoms with van der Waals surface area (Å²) in [6, 6.07) is 3.93. The highest BCUT2D eigenvalue weighted by Gasteiger charge is 2.05. The lowest BCUT2D eigenvalue weighted by molar-refractivity contribution is 0.0627. The summed E-state index contributed by atoms with van der Waals surface area (Å²) in [6.45, 7) is 6.50. The van der Waals surface area contributed by atoms with E-state index in [1.54, 1.807) is 6.20 Å². The molecule has 17 heavy (non-hydrogen) atoms. The smallest absolute Gasteiger partial charge is 0.144 e. The predicted octanol–water partition coefficient (Wildman–Crippen LogP) is 1.22. The third-order valence-electron chi connectivity index (χ3n) is 2.39. The van der Waals surface area contributed by atoms with Gasteiger partial charge in [0, 0.05) is 24.8 Å². The first-order chi connectivity index (χ1) is 8.13. The zero-order valence-electron chi connectivity index (χ0n) is 10.8. The zero-order chi connectivity index (χ0) is 12.7. The molecule has 0 bridgehead atoms. The lowest BCUT2D eigenvalue weighted by atomic mass is 10.2. The Morgan fingerprint density at radius 1 is 1.53 bits per heavy atom. The number of hydrazine groups is 1. The van der Waals surface area contributed by atoms with Crippen LogP contribution in [0.15, 0.2) is 18.3 Å². The van der Waals surface area contributed by atoms with E-state index >= 15 is 0 Å². The molecule has 0 aromatic carbocycles. The molecule has 0 spiro atoms. The van der Waals surface area contributed by atoms with Gasteiger partial charge in [-0.25, -0.2) is 10.8 Å². The first kappa shape index (κ1) is 13.9. The quantitative estimate of drug-likeness (QED) is 0.552. The lowest BCUT2D eigenvalue weighted by Crippen LogP contribution is -2.25. The Labute approximate surface area is 103 Å². The van der Waals surface area contributed by atoms with Crippen molar-refractivity contribution in [3.05, 3.63) is 23.9 Å². The summed E-state index contributed by atoms with van der Waals surface area (Å²) in [5.41, 5.74) is 3.69. The van der Waals surface area contributed by atoms with Crippen LogP contribution in [0.4, 0.5) is 5.82 Å².